The molecule has 7 heteroatoms. The second-order valence-electron chi connectivity index (χ2n) is 4.70. The number of hydrogen-bond donors (Lipinski definition) is 0. The number of halogens is 2. The largest absolute Gasteiger partial charge is 0.214 e. The van der Waals surface area contributed by atoms with E-state index in [1.807, 2.05) is 30.3 Å². The van der Waals surface area contributed by atoms with E-state index in [2.05, 4.69) is 15.5 Å². The van der Waals surface area contributed by atoms with E-state index in [0.717, 1.165) is 5.69 Å². The molecule has 0 fully saturated rings. The van der Waals surface area contributed by atoms with E-state index in [9.17, 15) is 8.78 Å². The molecule has 0 bridgehead atoms. The fourth-order valence-corrected chi connectivity index (χ4v) is 2.91. The standard InChI is InChI=1S/C15H12F2N4S/c1-10-7-13(16)12(14(17)8-10)9-22-15-18-19-20-21(15)11-5-3-2-4-6-11/h2-8H,9H2,1H3. The number of nitrogens with zero attached hydrogens (tertiary/aromatic N) is 4. The molecule has 0 spiro atoms. The van der Waals surface area contributed by atoms with Gasteiger partial charge < -0.3 is 0 Å². The molecular formula is C15H12F2N4S. The van der Waals surface area contributed by atoms with Crippen molar-refractivity contribution in [2.45, 2.75) is 17.8 Å². The Balaban J connectivity index is 1.83. The Bertz CT molecular complexity index is 766. The van der Waals surface area contributed by atoms with E-state index in [0.29, 0.717) is 10.7 Å². The highest BCUT2D eigenvalue weighted by atomic mass is 32.2. The quantitative estimate of drug-likeness (QED) is 0.690. The molecule has 0 aliphatic heterocycles. The summed E-state index contributed by atoms with van der Waals surface area (Å²) in [7, 11) is 0. The maximum Gasteiger partial charge on any atom is 0.214 e. The van der Waals surface area contributed by atoms with Gasteiger partial charge in [-0.15, -0.1) is 5.10 Å². The van der Waals surface area contributed by atoms with Crippen LogP contribution >= 0.6 is 11.8 Å². The van der Waals surface area contributed by atoms with E-state index in [1.165, 1.54) is 28.6 Å². The van der Waals surface area contributed by atoms with E-state index >= 15 is 0 Å². The Labute approximate surface area is 130 Å². The molecule has 112 valence electrons. The Morgan fingerprint density at radius 3 is 2.45 bits per heavy atom. The Morgan fingerprint density at radius 1 is 1.09 bits per heavy atom. The maximum absolute atomic E-state index is 13.9. The molecule has 22 heavy (non-hydrogen) atoms. The fraction of sp³-hybridized carbons (Fsp3) is 0.133. The molecule has 1 aromatic heterocycles. The summed E-state index contributed by atoms with van der Waals surface area (Å²) in [5, 5.41) is 11.9. The highest BCUT2D eigenvalue weighted by Crippen LogP contribution is 2.26. The SMILES string of the molecule is Cc1cc(F)c(CSc2nnnn2-c2ccccc2)c(F)c1. The van der Waals surface area contributed by atoms with Gasteiger partial charge in [0.2, 0.25) is 5.16 Å². The predicted octanol–water partition coefficient (Wildman–Crippen LogP) is 3.54. The number of tetrazole rings is 1. The molecule has 4 nitrogen and oxygen atoms in total. The van der Waals surface area contributed by atoms with Crippen LogP contribution in [0.3, 0.4) is 0 Å². The van der Waals surface area contributed by atoms with Crippen LogP contribution in [0.2, 0.25) is 0 Å². The molecule has 0 aliphatic carbocycles. The van der Waals surface area contributed by atoms with E-state index in [-0.39, 0.29) is 11.3 Å². The summed E-state index contributed by atoms with van der Waals surface area (Å²) >= 11 is 1.18. The first-order chi connectivity index (χ1) is 10.6. The van der Waals surface area contributed by atoms with Gasteiger partial charge in [0.1, 0.15) is 11.6 Å². The molecule has 1 heterocycles. The monoisotopic (exact) mass is 318 g/mol. The third kappa shape index (κ3) is 2.99. The van der Waals surface area contributed by atoms with Crippen molar-refractivity contribution in [3.8, 4) is 5.69 Å². The minimum atomic E-state index is -0.552. The maximum atomic E-state index is 13.9. The summed E-state index contributed by atoms with van der Waals surface area (Å²) in [4.78, 5) is 0. The first kappa shape index (κ1) is 14.6. The van der Waals surface area contributed by atoms with Gasteiger partial charge >= 0.3 is 0 Å². The lowest BCUT2D eigenvalue weighted by Crippen LogP contribution is -2.00. The number of para-hydroxylation sites is 1. The summed E-state index contributed by atoms with van der Waals surface area (Å²) in [6.07, 6.45) is 0. The smallest absolute Gasteiger partial charge is 0.207 e. The molecule has 0 atom stereocenters. The van der Waals surface area contributed by atoms with Crippen molar-refractivity contribution in [3.05, 3.63) is 65.2 Å². The lowest BCUT2D eigenvalue weighted by atomic mass is 10.1. The second kappa shape index (κ2) is 6.23. The fourth-order valence-electron chi connectivity index (χ4n) is 2.00. The van der Waals surface area contributed by atoms with Crippen LogP contribution < -0.4 is 0 Å². The molecule has 2 aromatic carbocycles. The van der Waals surface area contributed by atoms with Crippen molar-refractivity contribution in [1.29, 1.82) is 0 Å². The lowest BCUT2D eigenvalue weighted by Gasteiger charge is -2.06. The number of benzene rings is 2. The molecule has 0 unspecified atom stereocenters. The zero-order valence-corrected chi connectivity index (χ0v) is 12.5. The normalized spacial score (nSPS) is 10.9. The third-order valence-corrected chi connectivity index (χ3v) is 4.02. The number of thioether (sulfide) groups is 1. The molecule has 0 amide bonds. The average molecular weight is 318 g/mol. The predicted molar refractivity (Wildman–Crippen MR) is 79.8 cm³/mol. The van der Waals surface area contributed by atoms with Gasteiger partial charge in [0.25, 0.3) is 0 Å². The van der Waals surface area contributed by atoms with E-state index < -0.39 is 11.6 Å². The van der Waals surface area contributed by atoms with Crippen LogP contribution in [0.1, 0.15) is 11.1 Å². The van der Waals surface area contributed by atoms with Gasteiger partial charge in [-0.2, -0.15) is 4.68 Å². The summed E-state index contributed by atoms with van der Waals surface area (Å²) < 4.78 is 29.2. The van der Waals surface area contributed by atoms with Crippen molar-refractivity contribution < 1.29 is 8.78 Å². The number of aromatic nitrogens is 4. The number of rotatable bonds is 4. The summed E-state index contributed by atoms with van der Waals surface area (Å²) in [6, 6.07) is 12.0. The highest BCUT2D eigenvalue weighted by molar-refractivity contribution is 7.98. The van der Waals surface area contributed by atoms with Crippen LogP contribution in [0.25, 0.3) is 5.69 Å². The van der Waals surface area contributed by atoms with Gasteiger partial charge in [-0.05, 0) is 47.2 Å². The zero-order valence-electron chi connectivity index (χ0n) is 11.7. The van der Waals surface area contributed by atoms with Crippen LogP contribution in [-0.2, 0) is 5.75 Å². The molecule has 3 rings (SSSR count). The molecule has 0 saturated carbocycles. The second-order valence-corrected chi connectivity index (χ2v) is 5.65. The van der Waals surface area contributed by atoms with E-state index in [4.69, 9.17) is 0 Å². The topological polar surface area (TPSA) is 43.6 Å². The minimum Gasteiger partial charge on any atom is -0.207 e. The van der Waals surface area contributed by atoms with Crippen LogP contribution in [0, 0.1) is 18.6 Å². The van der Waals surface area contributed by atoms with Crippen LogP contribution in [-0.4, -0.2) is 20.2 Å². The van der Waals surface area contributed by atoms with Crippen molar-refractivity contribution in [2.75, 3.05) is 0 Å². The van der Waals surface area contributed by atoms with Crippen LogP contribution in [0.4, 0.5) is 8.78 Å². The van der Waals surface area contributed by atoms with Crippen molar-refractivity contribution in [1.82, 2.24) is 20.2 Å². The minimum absolute atomic E-state index is 0.0261. The highest BCUT2D eigenvalue weighted by Gasteiger charge is 2.14. The first-order valence-corrected chi connectivity index (χ1v) is 7.55. The van der Waals surface area contributed by atoms with Crippen molar-refractivity contribution in [2.24, 2.45) is 0 Å². The van der Waals surface area contributed by atoms with Crippen molar-refractivity contribution in [3.63, 3.8) is 0 Å². The summed E-state index contributed by atoms with van der Waals surface area (Å²) in [6.45, 7) is 1.65. The number of aryl methyl sites for hydroxylation is 1. The van der Waals surface area contributed by atoms with Gasteiger partial charge in [-0.3, -0.25) is 0 Å². The third-order valence-electron chi connectivity index (χ3n) is 3.07. The average Bonchev–Trinajstić information content (AvgIpc) is 2.95. The Hall–Kier alpha value is -2.28. The molecule has 3 aromatic rings. The van der Waals surface area contributed by atoms with E-state index in [1.54, 1.807) is 6.92 Å². The van der Waals surface area contributed by atoms with Crippen LogP contribution in [0.5, 0.6) is 0 Å². The van der Waals surface area contributed by atoms with Gasteiger partial charge in [0.15, 0.2) is 0 Å². The molecular weight excluding hydrogens is 306 g/mol. The van der Waals surface area contributed by atoms with Crippen LogP contribution in [0.15, 0.2) is 47.6 Å². The van der Waals surface area contributed by atoms with Gasteiger partial charge in [-0.1, -0.05) is 30.0 Å². The molecule has 0 saturated heterocycles. The summed E-state index contributed by atoms with van der Waals surface area (Å²) in [5.41, 5.74) is 1.37. The van der Waals surface area contributed by atoms with Gasteiger partial charge in [-0.25, -0.2) is 8.78 Å². The molecule has 0 aliphatic rings. The van der Waals surface area contributed by atoms with Crippen molar-refractivity contribution >= 4 is 11.8 Å². The first-order valence-electron chi connectivity index (χ1n) is 6.56. The Kier molecular flexibility index (Phi) is 4.15. The van der Waals surface area contributed by atoms with Gasteiger partial charge in [0.05, 0.1) is 5.69 Å². The van der Waals surface area contributed by atoms with Gasteiger partial charge in [0, 0.05) is 11.3 Å². The lowest BCUT2D eigenvalue weighted by molar-refractivity contribution is 0.564. The zero-order chi connectivity index (χ0) is 15.5. The molecule has 0 radical (unpaired) electrons. The Morgan fingerprint density at radius 2 is 1.77 bits per heavy atom. The molecule has 0 N–H and O–H groups in total. The summed E-state index contributed by atoms with van der Waals surface area (Å²) in [5.74, 6) is -0.988. The number of hydrogen-bond acceptors (Lipinski definition) is 4.